The largest absolute Gasteiger partial charge is 0.465 e. The van der Waals surface area contributed by atoms with Crippen molar-refractivity contribution in [3.05, 3.63) is 35.3 Å². The summed E-state index contributed by atoms with van der Waals surface area (Å²) in [6, 6.07) is 0. The number of aryl methyl sites for hydroxylation is 3. The molecular formula is C13H20N4O3S. The second kappa shape index (κ2) is 5.63. The quantitative estimate of drug-likeness (QED) is 0.885. The van der Waals surface area contributed by atoms with Gasteiger partial charge in [0, 0.05) is 38.6 Å². The van der Waals surface area contributed by atoms with E-state index in [1.54, 1.807) is 30.8 Å². The van der Waals surface area contributed by atoms with E-state index < -0.39 is 10.0 Å². The van der Waals surface area contributed by atoms with Crippen LogP contribution in [0.2, 0.25) is 0 Å². The van der Waals surface area contributed by atoms with Crippen molar-refractivity contribution in [1.82, 2.24) is 13.9 Å². The summed E-state index contributed by atoms with van der Waals surface area (Å²) in [7, 11) is -0.337. The smallest absolute Gasteiger partial charge is 0.247 e. The second-order valence-electron chi connectivity index (χ2n) is 4.94. The number of nitrogens with zero attached hydrogens (tertiary/aromatic N) is 3. The van der Waals surface area contributed by atoms with Gasteiger partial charge in [-0.2, -0.15) is 4.31 Å². The van der Waals surface area contributed by atoms with E-state index in [1.807, 2.05) is 7.05 Å². The van der Waals surface area contributed by atoms with Gasteiger partial charge < -0.3 is 14.7 Å². The van der Waals surface area contributed by atoms with Crippen molar-refractivity contribution >= 4 is 10.0 Å². The van der Waals surface area contributed by atoms with Crippen LogP contribution in [0.15, 0.2) is 21.7 Å². The Balaban J connectivity index is 2.40. The highest BCUT2D eigenvalue weighted by Crippen LogP contribution is 2.28. The third kappa shape index (κ3) is 2.74. The van der Waals surface area contributed by atoms with Crippen molar-refractivity contribution in [2.45, 2.75) is 31.8 Å². The molecule has 116 valence electrons. The Morgan fingerprint density at radius 3 is 2.57 bits per heavy atom. The summed E-state index contributed by atoms with van der Waals surface area (Å²) in [5.41, 5.74) is 6.19. The van der Waals surface area contributed by atoms with Crippen LogP contribution in [0.5, 0.6) is 0 Å². The number of rotatable bonds is 5. The number of sulfonamides is 1. The van der Waals surface area contributed by atoms with Crippen LogP contribution in [-0.2, 0) is 30.2 Å². The molecule has 0 aliphatic carbocycles. The van der Waals surface area contributed by atoms with Gasteiger partial charge in [-0.25, -0.2) is 13.4 Å². The van der Waals surface area contributed by atoms with Crippen molar-refractivity contribution in [1.29, 1.82) is 0 Å². The van der Waals surface area contributed by atoms with Gasteiger partial charge in [-0.1, -0.05) is 0 Å². The molecule has 0 unspecified atom stereocenters. The van der Waals surface area contributed by atoms with Gasteiger partial charge in [0.15, 0.2) is 0 Å². The van der Waals surface area contributed by atoms with Crippen LogP contribution in [0.4, 0.5) is 0 Å². The number of hydrogen-bond donors (Lipinski definition) is 1. The summed E-state index contributed by atoms with van der Waals surface area (Å²) in [5.74, 6) is 1.56. The van der Waals surface area contributed by atoms with E-state index in [0.29, 0.717) is 22.9 Å². The van der Waals surface area contributed by atoms with Crippen molar-refractivity contribution in [2.75, 3.05) is 7.05 Å². The maximum absolute atomic E-state index is 12.8. The van der Waals surface area contributed by atoms with E-state index in [0.717, 1.165) is 0 Å². The Kier molecular flexibility index (Phi) is 4.22. The van der Waals surface area contributed by atoms with Gasteiger partial charge in [-0.15, -0.1) is 0 Å². The Morgan fingerprint density at radius 1 is 1.38 bits per heavy atom. The maximum atomic E-state index is 12.8. The third-order valence-corrected chi connectivity index (χ3v) is 5.48. The zero-order chi connectivity index (χ0) is 15.8. The molecule has 0 spiro atoms. The molecule has 2 heterocycles. The van der Waals surface area contributed by atoms with Crippen LogP contribution >= 0.6 is 0 Å². The molecule has 0 saturated heterocycles. The minimum atomic E-state index is -3.68. The molecule has 2 N–H and O–H groups in total. The topological polar surface area (TPSA) is 94.4 Å². The average molecular weight is 312 g/mol. The average Bonchev–Trinajstić information content (AvgIpc) is 2.92. The normalized spacial score (nSPS) is 12.3. The molecule has 0 atom stereocenters. The number of imidazole rings is 1. The third-order valence-electron chi connectivity index (χ3n) is 3.48. The van der Waals surface area contributed by atoms with Crippen LogP contribution in [0.25, 0.3) is 0 Å². The van der Waals surface area contributed by atoms with Gasteiger partial charge in [-0.05, 0) is 13.8 Å². The summed E-state index contributed by atoms with van der Waals surface area (Å²) in [4.78, 5) is 4.31. The fraction of sp³-hybridized carbons (Fsp3) is 0.462. The second-order valence-corrected chi connectivity index (χ2v) is 6.92. The van der Waals surface area contributed by atoms with E-state index in [1.165, 1.54) is 11.4 Å². The molecule has 0 aromatic carbocycles. The molecule has 0 bridgehead atoms. The summed E-state index contributed by atoms with van der Waals surface area (Å²) in [6.45, 7) is 3.65. The lowest BCUT2D eigenvalue weighted by atomic mass is 10.2. The van der Waals surface area contributed by atoms with E-state index in [-0.39, 0.29) is 18.0 Å². The first-order valence-corrected chi connectivity index (χ1v) is 7.94. The standard InChI is InChI=1S/C13H20N4O3S/c1-9-11(7-14)13(10(2)20-9)21(18,19)17(4)8-12-15-5-6-16(12)3/h5-6H,7-8,14H2,1-4H3. The van der Waals surface area contributed by atoms with E-state index in [9.17, 15) is 8.42 Å². The number of nitrogens with two attached hydrogens (primary N) is 1. The first-order valence-electron chi connectivity index (χ1n) is 6.50. The van der Waals surface area contributed by atoms with Crippen molar-refractivity contribution in [3.8, 4) is 0 Å². The Morgan fingerprint density at radius 2 is 2.05 bits per heavy atom. The fourth-order valence-electron chi connectivity index (χ4n) is 2.27. The number of aromatic nitrogens is 2. The molecule has 0 aliphatic heterocycles. The lowest BCUT2D eigenvalue weighted by Crippen LogP contribution is -2.29. The highest BCUT2D eigenvalue weighted by molar-refractivity contribution is 7.89. The van der Waals surface area contributed by atoms with Crippen molar-refractivity contribution < 1.29 is 12.8 Å². The summed E-state index contributed by atoms with van der Waals surface area (Å²) in [5, 5.41) is 0. The van der Waals surface area contributed by atoms with Crippen LogP contribution in [0.3, 0.4) is 0 Å². The first-order chi connectivity index (χ1) is 9.78. The van der Waals surface area contributed by atoms with Crippen molar-refractivity contribution in [2.24, 2.45) is 12.8 Å². The molecule has 8 heteroatoms. The molecular weight excluding hydrogens is 292 g/mol. The predicted octanol–water partition coefficient (Wildman–Crippen LogP) is 0.909. The molecule has 2 aromatic rings. The van der Waals surface area contributed by atoms with Crippen LogP contribution in [-0.4, -0.2) is 29.3 Å². The molecule has 0 amide bonds. The number of furan rings is 1. The SMILES string of the molecule is Cc1oc(C)c(S(=O)(=O)N(C)Cc2nccn2C)c1CN. The van der Waals surface area contributed by atoms with Crippen molar-refractivity contribution in [3.63, 3.8) is 0 Å². The van der Waals surface area contributed by atoms with Gasteiger partial charge in [0.25, 0.3) is 0 Å². The highest BCUT2D eigenvalue weighted by atomic mass is 32.2. The lowest BCUT2D eigenvalue weighted by Gasteiger charge is -2.17. The molecule has 0 saturated carbocycles. The molecule has 2 rings (SSSR count). The first kappa shape index (κ1) is 15.7. The zero-order valence-electron chi connectivity index (χ0n) is 12.6. The number of hydrogen-bond acceptors (Lipinski definition) is 5. The minimum Gasteiger partial charge on any atom is -0.465 e. The molecule has 7 nitrogen and oxygen atoms in total. The molecule has 0 fully saturated rings. The minimum absolute atomic E-state index is 0.119. The van der Waals surface area contributed by atoms with Crippen LogP contribution < -0.4 is 5.73 Å². The van der Waals surface area contributed by atoms with E-state index in [2.05, 4.69) is 4.98 Å². The molecule has 2 aromatic heterocycles. The Bertz CT molecular complexity index is 746. The van der Waals surface area contributed by atoms with Gasteiger partial charge in [0.1, 0.15) is 22.2 Å². The molecule has 21 heavy (non-hydrogen) atoms. The highest BCUT2D eigenvalue weighted by Gasteiger charge is 2.30. The predicted molar refractivity (Wildman–Crippen MR) is 77.9 cm³/mol. The van der Waals surface area contributed by atoms with Gasteiger partial charge in [-0.3, -0.25) is 0 Å². The maximum Gasteiger partial charge on any atom is 0.247 e. The van der Waals surface area contributed by atoms with E-state index in [4.69, 9.17) is 10.2 Å². The summed E-state index contributed by atoms with van der Waals surface area (Å²) < 4.78 is 34.0. The van der Waals surface area contributed by atoms with Gasteiger partial charge >= 0.3 is 0 Å². The van der Waals surface area contributed by atoms with Gasteiger partial charge in [0.2, 0.25) is 10.0 Å². The molecule has 0 radical (unpaired) electrons. The van der Waals surface area contributed by atoms with E-state index >= 15 is 0 Å². The Labute approximate surface area is 124 Å². The Hall–Kier alpha value is -1.64. The summed E-state index contributed by atoms with van der Waals surface area (Å²) >= 11 is 0. The van der Waals surface area contributed by atoms with Gasteiger partial charge in [0.05, 0.1) is 6.54 Å². The fourth-order valence-corrected chi connectivity index (χ4v) is 3.81. The van der Waals surface area contributed by atoms with Crippen LogP contribution in [0, 0.1) is 13.8 Å². The molecule has 0 aliphatic rings. The summed E-state index contributed by atoms with van der Waals surface area (Å²) in [6.07, 6.45) is 3.41. The monoisotopic (exact) mass is 312 g/mol. The lowest BCUT2D eigenvalue weighted by molar-refractivity contribution is 0.446. The zero-order valence-corrected chi connectivity index (χ0v) is 13.4. The van der Waals surface area contributed by atoms with Crippen LogP contribution in [0.1, 0.15) is 22.9 Å².